The number of methoxy groups -OCH3 is 1. The number of pyridine rings is 2. The van der Waals surface area contributed by atoms with Crippen LogP contribution in [0.25, 0.3) is 0 Å². The molecule has 0 saturated heterocycles. The summed E-state index contributed by atoms with van der Waals surface area (Å²) in [7, 11) is 1.26. The van der Waals surface area contributed by atoms with Crippen molar-refractivity contribution in [3.05, 3.63) is 68.4 Å². The van der Waals surface area contributed by atoms with Crippen LogP contribution in [0.3, 0.4) is 0 Å². The fourth-order valence-corrected chi connectivity index (χ4v) is 1.72. The lowest BCUT2D eigenvalue weighted by Gasteiger charge is -2.05. The van der Waals surface area contributed by atoms with Gasteiger partial charge in [0.25, 0.3) is 0 Å². The first kappa shape index (κ1) is 14.4. The van der Waals surface area contributed by atoms with Crippen LogP contribution in [0, 0.1) is 10.1 Å². The minimum Gasteiger partial charge on any atom is -0.465 e. The van der Waals surface area contributed by atoms with Crippen LogP contribution >= 0.6 is 0 Å². The summed E-state index contributed by atoms with van der Waals surface area (Å²) in [5.41, 5.74) is -0.428. The molecule has 21 heavy (non-hydrogen) atoms. The van der Waals surface area contributed by atoms with Crippen molar-refractivity contribution in [2.24, 2.45) is 0 Å². The second kappa shape index (κ2) is 5.95. The highest BCUT2D eigenvalue weighted by Crippen LogP contribution is 2.06. The number of nitro groups is 1. The molecule has 0 aromatic carbocycles. The Morgan fingerprint density at radius 2 is 2.19 bits per heavy atom. The standard InChI is InChI=1S/C13H11N3O5/c1-21-13(18)9-4-5-10(14-7-9)8-15-6-2-3-11(12(15)17)16(19)20/h2-7H,8H2,1H3. The van der Waals surface area contributed by atoms with Crippen LogP contribution in [-0.2, 0) is 11.3 Å². The average molecular weight is 289 g/mol. The van der Waals surface area contributed by atoms with Crippen molar-refractivity contribution in [3.8, 4) is 0 Å². The number of rotatable bonds is 4. The zero-order valence-electron chi connectivity index (χ0n) is 11.1. The number of aromatic nitrogens is 2. The van der Waals surface area contributed by atoms with Gasteiger partial charge in [0.05, 0.1) is 29.8 Å². The maximum atomic E-state index is 11.9. The lowest BCUT2D eigenvalue weighted by molar-refractivity contribution is -0.386. The van der Waals surface area contributed by atoms with E-state index in [1.165, 1.54) is 36.2 Å². The third kappa shape index (κ3) is 3.11. The third-order valence-corrected chi connectivity index (χ3v) is 2.77. The van der Waals surface area contributed by atoms with E-state index < -0.39 is 22.1 Å². The summed E-state index contributed by atoms with van der Waals surface area (Å²) >= 11 is 0. The Kier molecular flexibility index (Phi) is 4.07. The normalized spacial score (nSPS) is 10.1. The molecule has 0 radical (unpaired) electrons. The third-order valence-electron chi connectivity index (χ3n) is 2.77. The molecule has 108 valence electrons. The first-order chi connectivity index (χ1) is 10.0. The number of hydrogen-bond donors (Lipinski definition) is 0. The topological polar surface area (TPSA) is 104 Å². The largest absolute Gasteiger partial charge is 0.465 e. The zero-order chi connectivity index (χ0) is 15.4. The molecule has 2 aromatic heterocycles. The van der Waals surface area contributed by atoms with Crippen molar-refractivity contribution in [2.45, 2.75) is 6.54 Å². The van der Waals surface area contributed by atoms with Gasteiger partial charge < -0.3 is 9.30 Å². The lowest BCUT2D eigenvalue weighted by Crippen LogP contribution is -2.22. The summed E-state index contributed by atoms with van der Waals surface area (Å²) in [6.07, 6.45) is 2.76. The molecule has 0 amide bonds. The number of carbonyl (C=O) groups excluding carboxylic acids is 1. The van der Waals surface area contributed by atoms with E-state index >= 15 is 0 Å². The van der Waals surface area contributed by atoms with Gasteiger partial charge in [-0.25, -0.2) is 4.79 Å². The predicted octanol–water partition coefficient (Wildman–Crippen LogP) is 0.986. The van der Waals surface area contributed by atoms with Crippen molar-refractivity contribution in [2.75, 3.05) is 7.11 Å². The SMILES string of the molecule is COC(=O)c1ccc(Cn2cccc([N+](=O)[O-])c2=O)nc1. The fraction of sp³-hybridized carbons (Fsp3) is 0.154. The van der Waals surface area contributed by atoms with E-state index in [0.717, 1.165) is 6.07 Å². The number of nitrogens with zero attached hydrogens (tertiary/aromatic N) is 3. The van der Waals surface area contributed by atoms with E-state index in [2.05, 4.69) is 9.72 Å². The van der Waals surface area contributed by atoms with E-state index in [1.54, 1.807) is 6.07 Å². The van der Waals surface area contributed by atoms with Crippen LogP contribution in [0.4, 0.5) is 5.69 Å². The van der Waals surface area contributed by atoms with Gasteiger partial charge in [-0.15, -0.1) is 0 Å². The quantitative estimate of drug-likeness (QED) is 0.472. The second-order valence-electron chi connectivity index (χ2n) is 4.11. The maximum Gasteiger partial charge on any atom is 0.339 e. The minimum absolute atomic E-state index is 0.0714. The van der Waals surface area contributed by atoms with Gasteiger partial charge in [-0.3, -0.25) is 19.9 Å². The van der Waals surface area contributed by atoms with E-state index in [4.69, 9.17) is 0 Å². The summed E-state index contributed by atoms with van der Waals surface area (Å²) < 4.78 is 5.73. The van der Waals surface area contributed by atoms with E-state index in [0.29, 0.717) is 5.69 Å². The van der Waals surface area contributed by atoms with Crippen molar-refractivity contribution < 1.29 is 14.5 Å². The predicted molar refractivity (Wildman–Crippen MR) is 72.0 cm³/mol. The number of carbonyl (C=O) groups is 1. The van der Waals surface area contributed by atoms with E-state index in [9.17, 15) is 19.7 Å². The monoisotopic (exact) mass is 289 g/mol. The van der Waals surface area contributed by atoms with Crippen LogP contribution in [0.1, 0.15) is 16.1 Å². The molecule has 0 unspecified atom stereocenters. The highest BCUT2D eigenvalue weighted by atomic mass is 16.6. The van der Waals surface area contributed by atoms with Gasteiger partial charge in [-0.1, -0.05) is 0 Å². The van der Waals surface area contributed by atoms with Gasteiger partial charge in [0.15, 0.2) is 0 Å². The highest BCUT2D eigenvalue weighted by Gasteiger charge is 2.14. The Labute approximate surface area is 118 Å². The Hall–Kier alpha value is -3.03. The smallest absolute Gasteiger partial charge is 0.339 e. The first-order valence-corrected chi connectivity index (χ1v) is 5.90. The number of hydrogen-bond acceptors (Lipinski definition) is 6. The molecule has 8 nitrogen and oxygen atoms in total. The van der Waals surface area contributed by atoms with Gasteiger partial charge in [-0.05, 0) is 18.2 Å². The molecule has 0 saturated carbocycles. The van der Waals surface area contributed by atoms with Gasteiger partial charge in [0.2, 0.25) is 0 Å². The molecular weight excluding hydrogens is 278 g/mol. The van der Waals surface area contributed by atoms with Gasteiger partial charge in [0.1, 0.15) is 0 Å². The molecule has 0 bridgehead atoms. The molecular formula is C13H11N3O5. The molecule has 0 spiro atoms. The Bertz CT molecular complexity index is 736. The number of esters is 1. The summed E-state index contributed by atoms with van der Waals surface area (Å²) in [5, 5.41) is 10.7. The Morgan fingerprint density at radius 1 is 1.43 bits per heavy atom. The molecule has 2 aromatic rings. The van der Waals surface area contributed by atoms with Crippen LogP contribution in [0.5, 0.6) is 0 Å². The summed E-state index contributed by atoms with van der Waals surface area (Å²) in [4.78, 5) is 37.1. The molecule has 2 heterocycles. The molecule has 0 aliphatic heterocycles. The lowest BCUT2D eigenvalue weighted by atomic mass is 10.2. The van der Waals surface area contributed by atoms with E-state index in [-0.39, 0.29) is 12.1 Å². The van der Waals surface area contributed by atoms with Crippen molar-refractivity contribution in [3.63, 3.8) is 0 Å². The van der Waals surface area contributed by atoms with Crippen LogP contribution in [-0.4, -0.2) is 27.6 Å². The molecule has 0 atom stereocenters. The van der Waals surface area contributed by atoms with Crippen molar-refractivity contribution >= 4 is 11.7 Å². The van der Waals surface area contributed by atoms with Crippen molar-refractivity contribution in [1.82, 2.24) is 9.55 Å². The van der Waals surface area contributed by atoms with Crippen LogP contribution in [0.15, 0.2) is 41.5 Å². The minimum atomic E-state index is -0.730. The van der Waals surface area contributed by atoms with Gasteiger partial charge >= 0.3 is 17.2 Å². The maximum absolute atomic E-state index is 11.9. The summed E-state index contributed by atoms with van der Waals surface area (Å²) in [6.45, 7) is 0.0714. The molecule has 0 fully saturated rings. The van der Waals surface area contributed by atoms with Crippen LogP contribution in [0.2, 0.25) is 0 Å². The van der Waals surface area contributed by atoms with Crippen LogP contribution < -0.4 is 5.56 Å². The summed E-state index contributed by atoms with van der Waals surface area (Å²) in [6, 6.07) is 5.63. The van der Waals surface area contributed by atoms with Gasteiger partial charge in [0, 0.05) is 18.5 Å². The molecule has 8 heteroatoms. The molecule has 2 rings (SSSR count). The van der Waals surface area contributed by atoms with E-state index in [1.807, 2.05) is 0 Å². The van der Waals surface area contributed by atoms with Gasteiger partial charge in [-0.2, -0.15) is 0 Å². The average Bonchev–Trinajstić information content (AvgIpc) is 2.49. The molecule has 0 aliphatic rings. The number of ether oxygens (including phenoxy) is 1. The zero-order valence-corrected chi connectivity index (χ0v) is 11.1. The Morgan fingerprint density at radius 3 is 2.76 bits per heavy atom. The first-order valence-electron chi connectivity index (χ1n) is 5.90. The second-order valence-corrected chi connectivity index (χ2v) is 4.11. The summed E-state index contributed by atoms with van der Waals surface area (Å²) in [5.74, 6) is -0.512. The molecule has 0 aliphatic carbocycles. The fourth-order valence-electron chi connectivity index (χ4n) is 1.72. The molecule has 0 N–H and O–H groups in total. The van der Waals surface area contributed by atoms with Crippen molar-refractivity contribution in [1.29, 1.82) is 0 Å². The highest BCUT2D eigenvalue weighted by molar-refractivity contribution is 5.88. The Balaban J connectivity index is 2.27.